The number of aromatic nitrogens is 5. The van der Waals surface area contributed by atoms with Gasteiger partial charge in [-0.1, -0.05) is 23.2 Å². The first-order valence-electron chi connectivity index (χ1n) is 8.89. The highest BCUT2D eigenvalue weighted by atomic mass is 35.5. The molecule has 0 atom stereocenters. The van der Waals surface area contributed by atoms with Crippen LogP contribution in [0.4, 0.5) is 30.6 Å². The monoisotopic (exact) mass is 481 g/mol. The van der Waals surface area contributed by atoms with E-state index in [4.69, 9.17) is 23.2 Å². The summed E-state index contributed by atoms with van der Waals surface area (Å²) in [7, 11) is 0. The molecule has 13 heteroatoms. The minimum absolute atomic E-state index is 0.0514. The van der Waals surface area contributed by atoms with Gasteiger partial charge in [-0.3, -0.25) is 9.78 Å². The summed E-state index contributed by atoms with van der Waals surface area (Å²) in [6.45, 7) is 1.40. The van der Waals surface area contributed by atoms with Crippen LogP contribution in [0.2, 0.25) is 10.0 Å². The number of hydrogen-bond donors (Lipinski definition) is 3. The Balaban J connectivity index is 1.58. The standard InChI is InChI=1S/C19H12Cl2F3N7O/c1-8-2-9(19(22,23)24)3-15(27-8)30-17(32)13-4-12-14(7-26-13)29-18(28-12)31-16-10(20)5-25-6-11(16)21/h2-7H,1H3,(H,27,30,32)(H2,25,28,29,31). The molecule has 32 heavy (non-hydrogen) atoms. The van der Waals surface area contributed by atoms with Crippen molar-refractivity contribution in [1.82, 2.24) is 24.9 Å². The Kier molecular flexibility index (Phi) is 5.61. The number of aryl methyl sites for hydroxylation is 1. The highest BCUT2D eigenvalue weighted by molar-refractivity contribution is 6.39. The van der Waals surface area contributed by atoms with Crippen LogP contribution in [0, 0.1) is 6.92 Å². The number of fused-ring (bicyclic) bond motifs is 1. The molecule has 4 heterocycles. The average Bonchev–Trinajstić information content (AvgIpc) is 3.11. The molecular weight excluding hydrogens is 470 g/mol. The fraction of sp³-hybridized carbons (Fsp3) is 0.105. The molecule has 4 rings (SSSR count). The third-order valence-corrected chi connectivity index (χ3v) is 4.79. The van der Waals surface area contributed by atoms with Crippen molar-refractivity contribution in [3.05, 3.63) is 63.8 Å². The van der Waals surface area contributed by atoms with Gasteiger partial charge in [0.05, 0.1) is 33.0 Å². The Morgan fingerprint density at radius 1 is 1.06 bits per heavy atom. The Labute approximate surface area is 188 Å². The number of H-pyrrole nitrogens is 1. The number of anilines is 3. The number of carbonyl (C=O) groups excluding carboxylic acids is 1. The number of nitrogens with one attached hydrogen (secondary N) is 3. The molecule has 1 amide bonds. The van der Waals surface area contributed by atoms with Crippen molar-refractivity contribution in [3.8, 4) is 0 Å². The van der Waals surface area contributed by atoms with Gasteiger partial charge in [0, 0.05) is 18.1 Å². The van der Waals surface area contributed by atoms with Crippen molar-refractivity contribution < 1.29 is 18.0 Å². The van der Waals surface area contributed by atoms with Crippen LogP contribution in [0.3, 0.4) is 0 Å². The number of hydrogen-bond acceptors (Lipinski definition) is 6. The average molecular weight is 482 g/mol. The minimum Gasteiger partial charge on any atom is -0.324 e. The lowest BCUT2D eigenvalue weighted by atomic mass is 10.2. The largest absolute Gasteiger partial charge is 0.416 e. The van der Waals surface area contributed by atoms with Crippen molar-refractivity contribution in [1.29, 1.82) is 0 Å². The van der Waals surface area contributed by atoms with Crippen LogP contribution in [0.15, 0.2) is 36.8 Å². The van der Waals surface area contributed by atoms with Gasteiger partial charge in [0.15, 0.2) is 0 Å². The van der Waals surface area contributed by atoms with E-state index in [1.54, 1.807) is 0 Å². The van der Waals surface area contributed by atoms with Gasteiger partial charge in [-0.15, -0.1) is 0 Å². The molecule has 0 aliphatic carbocycles. The lowest BCUT2D eigenvalue weighted by molar-refractivity contribution is -0.137. The van der Waals surface area contributed by atoms with Gasteiger partial charge in [0.2, 0.25) is 5.95 Å². The zero-order valence-electron chi connectivity index (χ0n) is 16.1. The molecule has 164 valence electrons. The number of pyridine rings is 3. The minimum atomic E-state index is -4.57. The van der Waals surface area contributed by atoms with Crippen LogP contribution in [-0.4, -0.2) is 30.8 Å². The third-order valence-electron chi connectivity index (χ3n) is 4.22. The summed E-state index contributed by atoms with van der Waals surface area (Å²) < 4.78 is 39.0. The molecule has 0 aromatic carbocycles. The number of alkyl halides is 3. The lowest BCUT2D eigenvalue weighted by Gasteiger charge is -2.10. The number of amides is 1. The van der Waals surface area contributed by atoms with Crippen molar-refractivity contribution in [2.75, 3.05) is 10.6 Å². The van der Waals surface area contributed by atoms with Crippen molar-refractivity contribution in [3.63, 3.8) is 0 Å². The molecule has 3 N–H and O–H groups in total. The highest BCUT2D eigenvalue weighted by Crippen LogP contribution is 2.32. The molecule has 0 spiro atoms. The van der Waals surface area contributed by atoms with E-state index >= 15 is 0 Å². The molecule has 0 fully saturated rings. The van der Waals surface area contributed by atoms with Crippen LogP contribution in [0.5, 0.6) is 0 Å². The summed E-state index contributed by atoms with van der Waals surface area (Å²) in [4.78, 5) is 31.6. The topological polar surface area (TPSA) is 108 Å². The second-order valence-corrected chi connectivity index (χ2v) is 7.42. The van der Waals surface area contributed by atoms with E-state index in [0.717, 1.165) is 12.1 Å². The molecule has 0 saturated heterocycles. The maximum atomic E-state index is 13.0. The molecule has 0 aliphatic rings. The van der Waals surface area contributed by atoms with Crippen molar-refractivity contribution >= 4 is 57.6 Å². The Bertz CT molecular complexity index is 1320. The predicted molar refractivity (Wildman–Crippen MR) is 113 cm³/mol. The van der Waals surface area contributed by atoms with E-state index < -0.39 is 17.6 Å². The van der Waals surface area contributed by atoms with Crippen LogP contribution < -0.4 is 10.6 Å². The zero-order chi connectivity index (χ0) is 23.0. The van der Waals surface area contributed by atoms with E-state index in [1.807, 2.05) is 0 Å². The first-order chi connectivity index (χ1) is 15.1. The molecular formula is C19H12Cl2F3N7O. The summed E-state index contributed by atoms with van der Waals surface area (Å²) in [6, 6.07) is 3.04. The lowest BCUT2D eigenvalue weighted by Crippen LogP contribution is -2.16. The highest BCUT2D eigenvalue weighted by Gasteiger charge is 2.31. The quantitative estimate of drug-likeness (QED) is 0.361. The SMILES string of the molecule is Cc1cc(C(F)(F)F)cc(NC(=O)c2cc3[nH]c(Nc4c(Cl)cncc4Cl)nc3cn2)n1. The summed E-state index contributed by atoms with van der Waals surface area (Å²) in [5.41, 5.74) is 0.405. The van der Waals surface area contributed by atoms with Crippen molar-refractivity contribution in [2.24, 2.45) is 0 Å². The first-order valence-corrected chi connectivity index (χ1v) is 9.65. The normalized spacial score (nSPS) is 11.6. The van der Waals surface area contributed by atoms with Crippen LogP contribution in [0.25, 0.3) is 11.0 Å². The second kappa shape index (κ2) is 8.24. The van der Waals surface area contributed by atoms with E-state index in [0.29, 0.717) is 16.7 Å². The first kappa shape index (κ1) is 21.8. The zero-order valence-corrected chi connectivity index (χ0v) is 17.6. The fourth-order valence-corrected chi connectivity index (χ4v) is 3.28. The molecule has 8 nitrogen and oxygen atoms in total. The maximum Gasteiger partial charge on any atom is 0.416 e. The number of imidazole rings is 1. The number of halogens is 5. The van der Waals surface area contributed by atoms with Crippen LogP contribution in [0.1, 0.15) is 21.7 Å². The second-order valence-electron chi connectivity index (χ2n) is 6.61. The Hall–Kier alpha value is -3.44. The van der Waals surface area contributed by atoms with Gasteiger partial charge in [0.25, 0.3) is 5.91 Å². The van der Waals surface area contributed by atoms with E-state index in [1.165, 1.54) is 31.6 Å². The molecule has 0 unspecified atom stereocenters. The van der Waals surface area contributed by atoms with E-state index in [2.05, 4.69) is 35.6 Å². The van der Waals surface area contributed by atoms with E-state index in [9.17, 15) is 18.0 Å². The molecule has 0 radical (unpaired) electrons. The summed E-state index contributed by atoms with van der Waals surface area (Å²) in [5, 5.41) is 5.82. The number of nitrogens with zero attached hydrogens (tertiary/aromatic N) is 4. The summed E-state index contributed by atoms with van der Waals surface area (Å²) >= 11 is 12.2. The molecule has 0 aliphatic heterocycles. The van der Waals surface area contributed by atoms with Gasteiger partial charge in [-0.25, -0.2) is 15.0 Å². The van der Waals surface area contributed by atoms with Crippen LogP contribution >= 0.6 is 23.2 Å². The van der Waals surface area contributed by atoms with Gasteiger partial charge in [0.1, 0.15) is 17.0 Å². The Morgan fingerprint density at radius 3 is 2.47 bits per heavy atom. The molecule has 0 saturated carbocycles. The van der Waals surface area contributed by atoms with Gasteiger partial charge in [-0.2, -0.15) is 13.2 Å². The molecule has 4 aromatic heterocycles. The number of aromatic amines is 1. The van der Waals surface area contributed by atoms with E-state index in [-0.39, 0.29) is 33.2 Å². The third kappa shape index (κ3) is 4.58. The number of rotatable bonds is 4. The van der Waals surface area contributed by atoms with Crippen LogP contribution in [-0.2, 0) is 6.18 Å². The fourth-order valence-electron chi connectivity index (χ4n) is 2.82. The molecule has 0 bridgehead atoms. The predicted octanol–water partition coefficient (Wildman–Crippen LogP) is 5.38. The number of carbonyl (C=O) groups is 1. The van der Waals surface area contributed by atoms with Crippen molar-refractivity contribution in [2.45, 2.75) is 13.1 Å². The van der Waals surface area contributed by atoms with Gasteiger partial charge in [-0.05, 0) is 25.1 Å². The van der Waals surface area contributed by atoms with Gasteiger partial charge >= 0.3 is 6.18 Å². The summed E-state index contributed by atoms with van der Waals surface area (Å²) in [6.07, 6.45) is -0.408. The van der Waals surface area contributed by atoms with Gasteiger partial charge < -0.3 is 15.6 Å². The Morgan fingerprint density at radius 2 is 1.78 bits per heavy atom. The maximum absolute atomic E-state index is 13.0. The summed E-state index contributed by atoms with van der Waals surface area (Å²) in [5.74, 6) is -0.690. The molecule has 4 aromatic rings. The smallest absolute Gasteiger partial charge is 0.324 e.